The van der Waals surface area contributed by atoms with Gasteiger partial charge in [-0.15, -0.1) is 5.10 Å². The fraction of sp³-hybridized carbons (Fsp3) is 0.471. The van der Waals surface area contributed by atoms with Gasteiger partial charge in [-0.25, -0.2) is 18.3 Å². The van der Waals surface area contributed by atoms with Crippen LogP contribution in [-0.4, -0.2) is 63.8 Å². The molecule has 27 heavy (non-hydrogen) atoms. The van der Waals surface area contributed by atoms with E-state index in [0.29, 0.717) is 18.1 Å². The molecule has 1 amide bonds. The van der Waals surface area contributed by atoms with Crippen LogP contribution in [-0.2, 0) is 21.2 Å². The van der Waals surface area contributed by atoms with Crippen LogP contribution in [0.3, 0.4) is 0 Å². The fourth-order valence-electron chi connectivity index (χ4n) is 3.05. The van der Waals surface area contributed by atoms with E-state index < -0.39 is 15.1 Å². The highest BCUT2D eigenvalue weighted by molar-refractivity contribution is 8.00. The summed E-state index contributed by atoms with van der Waals surface area (Å²) in [5, 5.41) is 6.40. The van der Waals surface area contributed by atoms with Crippen molar-refractivity contribution >= 4 is 27.5 Å². The van der Waals surface area contributed by atoms with Crippen LogP contribution in [0.2, 0.25) is 0 Å². The first-order chi connectivity index (χ1) is 12.8. The molecule has 10 heteroatoms. The van der Waals surface area contributed by atoms with Gasteiger partial charge >= 0.3 is 5.69 Å². The molecule has 8 nitrogen and oxygen atoms in total. The molecular formula is C17H22N4O4S2. The summed E-state index contributed by atoms with van der Waals surface area (Å²) >= 11 is 1.19. The topological polar surface area (TPSA) is 105 Å². The molecular weight excluding hydrogens is 388 g/mol. The summed E-state index contributed by atoms with van der Waals surface area (Å²) in [6.07, 6.45) is 0.461. The van der Waals surface area contributed by atoms with E-state index in [-0.39, 0.29) is 29.1 Å². The van der Waals surface area contributed by atoms with Crippen LogP contribution < -0.4 is 5.69 Å². The van der Waals surface area contributed by atoms with Crippen LogP contribution >= 0.6 is 11.8 Å². The van der Waals surface area contributed by atoms with Crippen LogP contribution in [0, 0.1) is 0 Å². The zero-order valence-electron chi connectivity index (χ0n) is 15.2. The Labute approximate surface area is 161 Å². The lowest BCUT2D eigenvalue weighted by molar-refractivity contribution is -0.130. The summed E-state index contributed by atoms with van der Waals surface area (Å²) in [6, 6.07) is 9.22. The largest absolute Gasteiger partial charge is 0.344 e. The highest BCUT2D eigenvalue weighted by Gasteiger charge is 2.34. The number of sulfone groups is 1. The van der Waals surface area contributed by atoms with E-state index in [1.165, 1.54) is 21.2 Å². The first kappa shape index (κ1) is 19.7. The SMILES string of the molecule is CC(Sc1n[nH]c(=O)n1Cc1ccccc1)C(=O)N(C)C1CCS(=O)(=O)C1. The van der Waals surface area contributed by atoms with Crippen LogP contribution in [0.1, 0.15) is 18.9 Å². The van der Waals surface area contributed by atoms with Crippen molar-refractivity contribution in [2.75, 3.05) is 18.6 Å². The second-order valence-electron chi connectivity index (χ2n) is 6.65. The Morgan fingerprint density at radius 1 is 1.41 bits per heavy atom. The number of aromatic amines is 1. The third-order valence-corrected chi connectivity index (χ3v) is 7.47. The van der Waals surface area contributed by atoms with Gasteiger partial charge in [-0.1, -0.05) is 42.1 Å². The number of hydrogen-bond acceptors (Lipinski definition) is 6. The minimum Gasteiger partial charge on any atom is -0.341 e. The maximum Gasteiger partial charge on any atom is 0.344 e. The molecule has 1 saturated heterocycles. The Bertz CT molecular complexity index is 968. The van der Waals surface area contributed by atoms with E-state index in [1.54, 1.807) is 14.0 Å². The quantitative estimate of drug-likeness (QED) is 0.705. The van der Waals surface area contributed by atoms with E-state index in [1.807, 2.05) is 30.3 Å². The summed E-state index contributed by atoms with van der Waals surface area (Å²) in [6.45, 7) is 2.09. The Kier molecular flexibility index (Phi) is 5.75. The maximum absolute atomic E-state index is 12.7. The van der Waals surface area contributed by atoms with Crippen LogP contribution in [0.5, 0.6) is 0 Å². The van der Waals surface area contributed by atoms with Crippen molar-refractivity contribution in [1.82, 2.24) is 19.7 Å². The van der Waals surface area contributed by atoms with Crippen molar-refractivity contribution in [3.05, 3.63) is 46.4 Å². The first-order valence-electron chi connectivity index (χ1n) is 8.60. The molecule has 0 bridgehead atoms. The van der Waals surface area contributed by atoms with Crippen LogP contribution in [0.25, 0.3) is 0 Å². The molecule has 1 aliphatic rings. The predicted octanol–water partition coefficient (Wildman–Crippen LogP) is 0.746. The van der Waals surface area contributed by atoms with Gasteiger partial charge in [0.25, 0.3) is 0 Å². The number of amides is 1. The van der Waals surface area contributed by atoms with Gasteiger partial charge in [0.2, 0.25) is 5.91 Å². The van der Waals surface area contributed by atoms with E-state index in [2.05, 4.69) is 10.2 Å². The van der Waals surface area contributed by atoms with Gasteiger partial charge in [-0.3, -0.25) is 9.36 Å². The molecule has 1 aromatic carbocycles. The first-order valence-corrected chi connectivity index (χ1v) is 11.3. The molecule has 1 fully saturated rings. The van der Waals surface area contributed by atoms with Crippen molar-refractivity contribution in [2.45, 2.75) is 36.3 Å². The third-order valence-electron chi connectivity index (χ3n) is 4.64. The lowest BCUT2D eigenvalue weighted by atomic mass is 10.2. The van der Waals surface area contributed by atoms with Gasteiger partial charge in [-0.2, -0.15) is 0 Å². The van der Waals surface area contributed by atoms with Gasteiger partial charge < -0.3 is 4.90 Å². The summed E-state index contributed by atoms with van der Waals surface area (Å²) in [5.41, 5.74) is 0.617. The fourth-order valence-corrected chi connectivity index (χ4v) is 5.79. The predicted molar refractivity (Wildman–Crippen MR) is 104 cm³/mol. The molecule has 3 rings (SSSR count). The number of aromatic nitrogens is 3. The highest BCUT2D eigenvalue weighted by atomic mass is 32.2. The Balaban J connectivity index is 1.70. The summed E-state index contributed by atoms with van der Waals surface area (Å²) in [7, 11) is -1.43. The Morgan fingerprint density at radius 2 is 2.11 bits per heavy atom. The lowest BCUT2D eigenvalue weighted by Gasteiger charge is -2.26. The minimum atomic E-state index is -3.06. The van der Waals surface area contributed by atoms with Gasteiger partial charge in [0.1, 0.15) is 0 Å². The molecule has 0 radical (unpaired) electrons. The zero-order valence-corrected chi connectivity index (χ0v) is 16.8. The van der Waals surface area contributed by atoms with Crippen molar-refractivity contribution in [3.63, 3.8) is 0 Å². The Morgan fingerprint density at radius 3 is 2.74 bits per heavy atom. The molecule has 1 aliphatic heterocycles. The van der Waals surface area contributed by atoms with E-state index in [0.717, 1.165) is 5.56 Å². The molecule has 2 atom stereocenters. The summed E-state index contributed by atoms with van der Waals surface area (Å²) in [5.74, 6) is -0.0515. The molecule has 1 N–H and O–H groups in total. The zero-order chi connectivity index (χ0) is 19.6. The van der Waals surface area contributed by atoms with Crippen molar-refractivity contribution < 1.29 is 13.2 Å². The number of carbonyl (C=O) groups excluding carboxylic acids is 1. The molecule has 146 valence electrons. The van der Waals surface area contributed by atoms with E-state index in [4.69, 9.17) is 0 Å². The average Bonchev–Trinajstić information content (AvgIpc) is 3.17. The van der Waals surface area contributed by atoms with Crippen LogP contribution in [0.15, 0.2) is 40.3 Å². The van der Waals surface area contributed by atoms with Gasteiger partial charge in [0, 0.05) is 13.1 Å². The number of nitrogens with one attached hydrogen (secondary N) is 1. The standard InChI is InChI=1S/C17H22N4O4S2/c1-12(15(22)20(2)14-8-9-27(24,25)11-14)26-17-19-18-16(23)21(17)10-13-6-4-3-5-7-13/h3-7,12,14H,8-11H2,1-2H3,(H,18,23). The second kappa shape index (κ2) is 7.89. The number of hydrogen-bond donors (Lipinski definition) is 1. The second-order valence-corrected chi connectivity index (χ2v) is 10.2. The number of benzene rings is 1. The third kappa shape index (κ3) is 4.62. The number of carbonyl (C=O) groups is 1. The maximum atomic E-state index is 12.7. The smallest absolute Gasteiger partial charge is 0.341 e. The van der Waals surface area contributed by atoms with E-state index >= 15 is 0 Å². The van der Waals surface area contributed by atoms with Crippen LogP contribution in [0.4, 0.5) is 0 Å². The van der Waals surface area contributed by atoms with Crippen molar-refractivity contribution in [3.8, 4) is 0 Å². The highest BCUT2D eigenvalue weighted by Crippen LogP contribution is 2.24. The summed E-state index contributed by atoms with van der Waals surface area (Å²) < 4.78 is 24.8. The summed E-state index contributed by atoms with van der Waals surface area (Å²) in [4.78, 5) is 26.3. The molecule has 2 heterocycles. The van der Waals surface area contributed by atoms with E-state index in [9.17, 15) is 18.0 Å². The number of nitrogens with zero attached hydrogens (tertiary/aromatic N) is 3. The number of thioether (sulfide) groups is 1. The molecule has 2 aromatic rings. The van der Waals surface area contributed by atoms with Gasteiger partial charge in [0.05, 0.1) is 23.3 Å². The average molecular weight is 411 g/mol. The molecule has 0 saturated carbocycles. The number of H-pyrrole nitrogens is 1. The van der Waals surface area contributed by atoms with Gasteiger partial charge in [-0.05, 0) is 18.9 Å². The molecule has 0 aliphatic carbocycles. The normalized spacial score (nSPS) is 19.7. The number of rotatable bonds is 6. The van der Waals surface area contributed by atoms with Gasteiger partial charge in [0.15, 0.2) is 15.0 Å². The molecule has 1 aromatic heterocycles. The Hall–Kier alpha value is -2.07. The van der Waals surface area contributed by atoms with Crippen molar-refractivity contribution in [2.24, 2.45) is 0 Å². The molecule has 0 spiro atoms. The molecule has 2 unspecified atom stereocenters. The monoisotopic (exact) mass is 410 g/mol. The van der Waals surface area contributed by atoms with Crippen molar-refractivity contribution in [1.29, 1.82) is 0 Å². The minimum absolute atomic E-state index is 0.00769. The lowest BCUT2D eigenvalue weighted by Crippen LogP contribution is -2.41.